The molecule has 0 bridgehead atoms. The molecule has 1 aromatic carbocycles. The third-order valence-corrected chi connectivity index (χ3v) is 3.73. The Balaban J connectivity index is 2.33. The van der Waals surface area contributed by atoms with Crippen molar-refractivity contribution in [1.29, 1.82) is 0 Å². The summed E-state index contributed by atoms with van der Waals surface area (Å²) < 4.78 is 19.2. The number of ether oxygens (including phenoxy) is 1. The van der Waals surface area contributed by atoms with Gasteiger partial charge in [-0.1, -0.05) is 6.07 Å². The highest BCUT2D eigenvalue weighted by Gasteiger charge is 2.35. The molecule has 0 aliphatic carbocycles. The van der Waals surface area contributed by atoms with Crippen LogP contribution in [-0.2, 0) is 4.79 Å². The summed E-state index contributed by atoms with van der Waals surface area (Å²) in [4.78, 5) is 13.0. The number of nitrogens with zero attached hydrogens (tertiary/aromatic N) is 1. The fourth-order valence-corrected chi connectivity index (χ4v) is 2.78. The lowest BCUT2D eigenvalue weighted by Crippen LogP contribution is -2.38. The van der Waals surface area contributed by atoms with Gasteiger partial charge >= 0.3 is 5.97 Å². The van der Waals surface area contributed by atoms with Crippen LogP contribution in [0.4, 0.5) is 4.39 Å². The smallest absolute Gasteiger partial charge is 0.320 e. The van der Waals surface area contributed by atoms with E-state index in [1.165, 1.54) is 13.2 Å². The van der Waals surface area contributed by atoms with E-state index in [0.29, 0.717) is 24.3 Å². The van der Waals surface area contributed by atoms with E-state index >= 15 is 0 Å². The number of carbonyl (C=O) groups is 1. The minimum atomic E-state index is -0.848. The third kappa shape index (κ3) is 2.56. The molecule has 0 saturated carbocycles. The van der Waals surface area contributed by atoms with Crippen LogP contribution in [0.25, 0.3) is 0 Å². The van der Waals surface area contributed by atoms with Crippen LogP contribution >= 0.6 is 0 Å². The molecule has 1 aliphatic rings. The van der Waals surface area contributed by atoms with Crippen molar-refractivity contribution in [3.63, 3.8) is 0 Å². The highest BCUT2D eigenvalue weighted by Crippen LogP contribution is 2.35. The lowest BCUT2D eigenvalue weighted by molar-refractivity contribution is -0.142. The van der Waals surface area contributed by atoms with Gasteiger partial charge in [-0.3, -0.25) is 9.69 Å². The number of methoxy groups -OCH3 is 1. The van der Waals surface area contributed by atoms with Crippen LogP contribution in [0.5, 0.6) is 5.75 Å². The number of aliphatic carboxylic acids is 1. The maximum Gasteiger partial charge on any atom is 0.320 e. The van der Waals surface area contributed by atoms with Gasteiger partial charge in [-0.05, 0) is 38.4 Å². The van der Waals surface area contributed by atoms with E-state index in [0.717, 1.165) is 6.42 Å². The molecule has 2 rings (SSSR count). The molecule has 19 heavy (non-hydrogen) atoms. The van der Waals surface area contributed by atoms with Gasteiger partial charge in [0.05, 0.1) is 7.11 Å². The number of hydrogen-bond acceptors (Lipinski definition) is 3. The fraction of sp³-hybridized carbons (Fsp3) is 0.500. The zero-order chi connectivity index (χ0) is 14.0. The quantitative estimate of drug-likeness (QED) is 0.910. The Kier molecular flexibility index (Phi) is 4.04. The Hall–Kier alpha value is -1.62. The van der Waals surface area contributed by atoms with E-state index < -0.39 is 12.0 Å². The lowest BCUT2D eigenvalue weighted by Gasteiger charge is -2.29. The minimum absolute atomic E-state index is 0.320. The number of benzene rings is 1. The van der Waals surface area contributed by atoms with Gasteiger partial charge < -0.3 is 9.84 Å². The third-order valence-electron chi connectivity index (χ3n) is 3.73. The van der Waals surface area contributed by atoms with Crippen molar-refractivity contribution in [2.45, 2.75) is 31.8 Å². The first-order valence-corrected chi connectivity index (χ1v) is 6.37. The molecule has 5 heteroatoms. The van der Waals surface area contributed by atoms with Gasteiger partial charge in [-0.15, -0.1) is 0 Å². The van der Waals surface area contributed by atoms with E-state index in [9.17, 15) is 14.3 Å². The number of likely N-dealkylation sites (tertiary alicyclic amines) is 1. The number of hydrogen-bond donors (Lipinski definition) is 1. The molecule has 1 saturated heterocycles. The normalized spacial score (nSPS) is 21.3. The van der Waals surface area contributed by atoms with Crippen molar-refractivity contribution in [3.05, 3.63) is 29.6 Å². The molecule has 2 atom stereocenters. The highest BCUT2D eigenvalue weighted by atomic mass is 19.1. The van der Waals surface area contributed by atoms with Crippen LogP contribution in [0.15, 0.2) is 18.2 Å². The van der Waals surface area contributed by atoms with Crippen molar-refractivity contribution in [3.8, 4) is 5.75 Å². The average molecular weight is 267 g/mol. The van der Waals surface area contributed by atoms with Crippen LogP contribution in [0, 0.1) is 5.82 Å². The van der Waals surface area contributed by atoms with E-state index in [1.54, 1.807) is 12.1 Å². The summed E-state index contributed by atoms with van der Waals surface area (Å²) in [5.41, 5.74) is 0.429. The maximum atomic E-state index is 14.0. The second-order valence-corrected chi connectivity index (χ2v) is 4.77. The first-order chi connectivity index (χ1) is 9.06. The molecule has 1 heterocycles. The Morgan fingerprint density at radius 3 is 2.95 bits per heavy atom. The van der Waals surface area contributed by atoms with Crippen molar-refractivity contribution >= 4 is 5.97 Å². The van der Waals surface area contributed by atoms with Gasteiger partial charge in [0, 0.05) is 11.6 Å². The van der Waals surface area contributed by atoms with Crippen LogP contribution in [0.2, 0.25) is 0 Å². The molecule has 1 aliphatic heterocycles. The molecule has 0 aromatic heterocycles. The second kappa shape index (κ2) is 5.57. The molecular formula is C14H18FNO3. The summed E-state index contributed by atoms with van der Waals surface area (Å²) in [7, 11) is 1.49. The topological polar surface area (TPSA) is 49.8 Å². The number of rotatable bonds is 4. The van der Waals surface area contributed by atoms with Crippen molar-refractivity contribution in [2.24, 2.45) is 0 Å². The SMILES string of the molecule is COc1cccc(F)c1C(C)N1CCCC1C(=O)O. The summed E-state index contributed by atoms with van der Waals surface area (Å²) >= 11 is 0. The second-order valence-electron chi connectivity index (χ2n) is 4.77. The molecule has 1 fully saturated rings. The van der Waals surface area contributed by atoms with Gasteiger partial charge in [0.25, 0.3) is 0 Å². The highest BCUT2D eigenvalue weighted by molar-refractivity contribution is 5.74. The number of halogens is 1. The largest absolute Gasteiger partial charge is 0.496 e. The lowest BCUT2D eigenvalue weighted by atomic mass is 10.0. The monoisotopic (exact) mass is 267 g/mol. The maximum absolute atomic E-state index is 14.0. The van der Waals surface area contributed by atoms with Gasteiger partial charge in [-0.2, -0.15) is 0 Å². The molecule has 0 amide bonds. The van der Waals surface area contributed by atoms with E-state index in [2.05, 4.69) is 0 Å². The molecule has 0 spiro atoms. The van der Waals surface area contributed by atoms with Crippen LogP contribution in [0.3, 0.4) is 0 Å². The van der Waals surface area contributed by atoms with Gasteiger partial charge in [-0.25, -0.2) is 4.39 Å². The zero-order valence-corrected chi connectivity index (χ0v) is 11.1. The van der Waals surface area contributed by atoms with Gasteiger partial charge in [0.1, 0.15) is 17.6 Å². The first-order valence-electron chi connectivity index (χ1n) is 6.37. The summed E-state index contributed by atoms with van der Waals surface area (Å²) in [6.07, 6.45) is 1.43. The zero-order valence-electron chi connectivity index (χ0n) is 11.1. The molecular weight excluding hydrogens is 249 g/mol. The first kappa shape index (κ1) is 13.8. The molecule has 104 valence electrons. The number of carboxylic acid groups (broad SMARTS) is 1. The van der Waals surface area contributed by atoms with E-state index in [-0.39, 0.29) is 11.9 Å². The molecule has 0 radical (unpaired) electrons. The van der Waals surface area contributed by atoms with Crippen LogP contribution in [0.1, 0.15) is 31.4 Å². The van der Waals surface area contributed by atoms with Gasteiger partial charge in [0.15, 0.2) is 0 Å². The Bertz CT molecular complexity index is 478. The van der Waals surface area contributed by atoms with E-state index in [4.69, 9.17) is 4.74 Å². The predicted molar refractivity (Wildman–Crippen MR) is 68.7 cm³/mol. The Morgan fingerprint density at radius 2 is 2.32 bits per heavy atom. The Labute approximate surface area is 111 Å². The summed E-state index contributed by atoms with van der Waals surface area (Å²) in [5.74, 6) is -0.744. The standard InChI is InChI=1S/C14H18FNO3/c1-9(16-8-4-6-11(16)14(17)18)13-10(15)5-3-7-12(13)19-2/h3,5,7,9,11H,4,6,8H2,1-2H3,(H,17,18). The van der Waals surface area contributed by atoms with Crippen molar-refractivity contribution in [2.75, 3.05) is 13.7 Å². The molecule has 1 aromatic rings. The average Bonchev–Trinajstić information content (AvgIpc) is 2.87. The predicted octanol–water partition coefficient (Wildman–Crippen LogP) is 2.44. The van der Waals surface area contributed by atoms with E-state index in [1.807, 2.05) is 11.8 Å². The van der Waals surface area contributed by atoms with Crippen LogP contribution in [-0.4, -0.2) is 35.7 Å². The summed E-state index contributed by atoms with van der Waals surface area (Å²) in [6, 6.07) is 3.79. The van der Waals surface area contributed by atoms with Crippen molar-refractivity contribution in [1.82, 2.24) is 4.90 Å². The number of carboxylic acids is 1. The summed E-state index contributed by atoms with van der Waals surface area (Å²) in [6.45, 7) is 2.48. The fourth-order valence-electron chi connectivity index (χ4n) is 2.78. The van der Waals surface area contributed by atoms with Crippen molar-refractivity contribution < 1.29 is 19.0 Å². The minimum Gasteiger partial charge on any atom is -0.496 e. The molecule has 1 N–H and O–H groups in total. The molecule has 2 unspecified atom stereocenters. The van der Waals surface area contributed by atoms with Crippen LogP contribution < -0.4 is 4.74 Å². The van der Waals surface area contributed by atoms with Gasteiger partial charge in [0.2, 0.25) is 0 Å². The Morgan fingerprint density at radius 1 is 1.58 bits per heavy atom. The summed E-state index contributed by atoms with van der Waals surface area (Å²) in [5, 5.41) is 9.21. The molecule has 4 nitrogen and oxygen atoms in total.